The van der Waals surface area contributed by atoms with Gasteiger partial charge < -0.3 is 14.1 Å². The molecule has 2 aromatic heterocycles. The standard InChI is InChI=1S/C19H16BrN3O4/c20-13-3-4-14-12(9-18(24)27-16(14)10-13)11-26-19(25)15-5-6-17(22-21-15)23-7-1-2-8-23/h3-6,9-10H,1-2,7-8,11H2. The molecule has 8 heteroatoms. The second-order valence-corrected chi connectivity index (χ2v) is 7.19. The Hall–Kier alpha value is -2.74. The molecule has 3 aromatic rings. The molecule has 0 unspecified atom stereocenters. The molecule has 3 heterocycles. The number of aromatic nitrogens is 2. The largest absolute Gasteiger partial charge is 0.456 e. The molecule has 0 N–H and O–H groups in total. The summed E-state index contributed by atoms with van der Waals surface area (Å²) in [7, 11) is 0. The highest BCUT2D eigenvalue weighted by molar-refractivity contribution is 9.10. The molecular formula is C19H16BrN3O4. The zero-order chi connectivity index (χ0) is 18.8. The molecule has 0 radical (unpaired) electrons. The molecule has 0 atom stereocenters. The van der Waals surface area contributed by atoms with Gasteiger partial charge in [-0.3, -0.25) is 0 Å². The SMILES string of the molecule is O=C(OCc1cc(=O)oc2cc(Br)ccc12)c1ccc(N2CCCC2)nn1. The highest BCUT2D eigenvalue weighted by Crippen LogP contribution is 2.22. The smallest absolute Gasteiger partial charge is 0.359 e. The summed E-state index contributed by atoms with van der Waals surface area (Å²) in [4.78, 5) is 26.2. The molecule has 27 heavy (non-hydrogen) atoms. The van der Waals surface area contributed by atoms with E-state index in [2.05, 4.69) is 31.0 Å². The lowest BCUT2D eigenvalue weighted by Gasteiger charge is -2.15. The molecule has 1 aliphatic heterocycles. The molecule has 4 rings (SSSR count). The Bertz CT molecular complexity index is 1040. The Morgan fingerprint density at radius 2 is 1.96 bits per heavy atom. The molecule has 0 saturated carbocycles. The van der Waals surface area contributed by atoms with E-state index in [1.807, 2.05) is 6.07 Å². The Labute approximate surface area is 163 Å². The summed E-state index contributed by atoms with van der Waals surface area (Å²) in [6, 6.07) is 10.0. The number of benzene rings is 1. The summed E-state index contributed by atoms with van der Waals surface area (Å²) in [5.74, 6) is 0.176. The molecule has 0 aliphatic carbocycles. The molecule has 0 amide bonds. The first-order valence-electron chi connectivity index (χ1n) is 8.58. The maximum atomic E-state index is 12.3. The number of hydrogen-bond acceptors (Lipinski definition) is 7. The fourth-order valence-electron chi connectivity index (χ4n) is 3.09. The third kappa shape index (κ3) is 3.85. The van der Waals surface area contributed by atoms with Crippen LogP contribution in [0.4, 0.5) is 5.82 Å². The van der Waals surface area contributed by atoms with Gasteiger partial charge in [0.2, 0.25) is 0 Å². The third-order valence-corrected chi connectivity index (χ3v) is 4.93. The van der Waals surface area contributed by atoms with E-state index in [-0.39, 0.29) is 12.3 Å². The van der Waals surface area contributed by atoms with E-state index >= 15 is 0 Å². The molecule has 138 valence electrons. The van der Waals surface area contributed by atoms with Crippen LogP contribution in [-0.4, -0.2) is 29.3 Å². The molecule has 0 bridgehead atoms. The quantitative estimate of drug-likeness (QED) is 0.464. The highest BCUT2D eigenvalue weighted by Gasteiger charge is 2.16. The molecular weight excluding hydrogens is 414 g/mol. The number of esters is 1. The van der Waals surface area contributed by atoms with Crippen molar-refractivity contribution < 1.29 is 13.9 Å². The van der Waals surface area contributed by atoms with Gasteiger partial charge >= 0.3 is 11.6 Å². The van der Waals surface area contributed by atoms with Crippen molar-refractivity contribution in [2.24, 2.45) is 0 Å². The van der Waals surface area contributed by atoms with E-state index in [1.165, 1.54) is 6.07 Å². The van der Waals surface area contributed by atoms with Crippen LogP contribution < -0.4 is 10.5 Å². The van der Waals surface area contributed by atoms with Gasteiger partial charge in [0.1, 0.15) is 12.2 Å². The van der Waals surface area contributed by atoms with Crippen molar-refractivity contribution in [1.29, 1.82) is 0 Å². The van der Waals surface area contributed by atoms with Crippen molar-refractivity contribution in [2.45, 2.75) is 19.4 Å². The van der Waals surface area contributed by atoms with Crippen LogP contribution in [0.5, 0.6) is 0 Å². The number of carbonyl (C=O) groups excluding carboxylic acids is 1. The summed E-state index contributed by atoms with van der Waals surface area (Å²) in [5, 5.41) is 8.80. The zero-order valence-corrected chi connectivity index (χ0v) is 15.9. The molecule has 1 fully saturated rings. The number of halogens is 1. The Morgan fingerprint density at radius 1 is 1.15 bits per heavy atom. The van der Waals surface area contributed by atoms with E-state index in [1.54, 1.807) is 24.3 Å². The van der Waals surface area contributed by atoms with Crippen LogP contribution in [0.25, 0.3) is 11.0 Å². The lowest BCUT2D eigenvalue weighted by Crippen LogP contribution is -2.20. The lowest BCUT2D eigenvalue weighted by atomic mass is 10.1. The van der Waals surface area contributed by atoms with E-state index in [0.717, 1.165) is 36.2 Å². The van der Waals surface area contributed by atoms with Gasteiger partial charge in [-0.2, -0.15) is 0 Å². The molecule has 1 aromatic carbocycles. The number of fused-ring (bicyclic) bond motifs is 1. The minimum Gasteiger partial charge on any atom is -0.456 e. The first-order chi connectivity index (χ1) is 13.1. The van der Waals surface area contributed by atoms with Gasteiger partial charge in [-0.25, -0.2) is 9.59 Å². The predicted molar refractivity (Wildman–Crippen MR) is 103 cm³/mol. The predicted octanol–water partition coefficient (Wildman–Crippen LogP) is 3.30. The van der Waals surface area contributed by atoms with Gasteiger partial charge in [-0.1, -0.05) is 15.9 Å². The monoisotopic (exact) mass is 429 g/mol. The van der Waals surface area contributed by atoms with E-state index < -0.39 is 11.6 Å². The first kappa shape index (κ1) is 17.7. The maximum Gasteiger partial charge on any atom is 0.359 e. The van der Waals surface area contributed by atoms with Gasteiger partial charge in [0.25, 0.3) is 0 Å². The van der Waals surface area contributed by atoms with Gasteiger partial charge in [-0.05, 0) is 43.2 Å². The van der Waals surface area contributed by atoms with Crippen LogP contribution in [-0.2, 0) is 11.3 Å². The summed E-state index contributed by atoms with van der Waals surface area (Å²) in [6.07, 6.45) is 2.28. The van der Waals surface area contributed by atoms with Crippen LogP contribution in [0.2, 0.25) is 0 Å². The second-order valence-electron chi connectivity index (χ2n) is 6.28. The zero-order valence-electron chi connectivity index (χ0n) is 14.4. The minimum absolute atomic E-state index is 0.0574. The average molecular weight is 430 g/mol. The number of rotatable bonds is 4. The number of carbonyl (C=O) groups is 1. The Kier molecular flexibility index (Phi) is 4.89. The van der Waals surface area contributed by atoms with Crippen molar-refractivity contribution in [2.75, 3.05) is 18.0 Å². The summed E-state index contributed by atoms with van der Waals surface area (Å²) < 4.78 is 11.3. The fraction of sp³-hybridized carbons (Fsp3) is 0.263. The highest BCUT2D eigenvalue weighted by atomic mass is 79.9. The van der Waals surface area contributed by atoms with Crippen LogP contribution in [0, 0.1) is 0 Å². The summed E-state index contributed by atoms with van der Waals surface area (Å²) in [6.45, 7) is 1.86. The van der Waals surface area contributed by atoms with Crippen LogP contribution in [0.3, 0.4) is 0 Å². The second kappa shape index (κ2) is 7.48. The fourth-order valence-corrected chi connectivity index (χ4v) is 3.43. The van der Waals surface area contributed by atoms with Crippen LogP contribution in [0.15, 0.2) is 50.1 Å². The van der Waals surface area contributed by atoms with E-state index in [0.29, 0.717) is 16.5 Å². The van der Waals surface area contributed by atoms with Gasteiger partial charge in [0.05, 0.1) is 0 Å². The van der Waals surface area contributed by atoms with Gasteiger partial charge in [0.15, 0.2) is 11.5 Å². The van der Waals surface area contributed by atoms with Crippen LogP contribution in [0.1, 0.15) is 28.9 Å². The average Bonchev–Trinajstić information content (AvgIpc) is 3.20. The lowest BCUT2D eigenvalue weighted by molar-refractivity contribution is 0.0465. The van der Waals surface area contributed by atoms with Crippen molar-refractivity contribution >= 4 is 38.7 Å². The number of hydrogen-bond donors (Lipinski definition) is 0. The Balaban J connectivity index is 1.49. The van der Waals surface area contributed by atoms with Gasteiger partial charge in [-0.15, -0.1) is 10.2 Å². The van der Waals surface area contributed by atoms with Crippen molar-refractivity contribution in [3.63, 3.8) is 0 Å². The summed E-state index contributed by atoms with van der Waals surface area (Å²) >= 11 is 3.34. The van der Waals surface area contributed by atoms with Crippen LogP contribution >= 0.6 is 15.9 Å². The third-order valence-electron chi connectivity index (χ3n) is 4.44. The van der Waals surface area contributed by atoms with Gasteiger partial charge in [0, 0.05) is 34.6 Å². The van der Waals surface area contributed by atoms with Crippen molar-refractivity contribution in [3.05, 3.63) is 62.5 Å². The summed E-state index contributed by atoms with van der Waals surface area (Å²) in [5.41, 5.74) is 0.635. The number of nitrogens with zero attached hydrogens (tertiary/aromatic N) is 3. The number of anilines is 1. The van der Waals surface area contributed by atoms with Crippen molar-refractivity contribution in [1.82, 2.24) is 10.2 Å². The molecule has 1 saturated heterocycles. The minimum atomic E-state index is -0.589. The first-order valence-corrected chi connectivity index (χ1v) is 9.37. The normalized spacial score (nSPS) is 13.9. The topological polar surface area (TPSA) is 85.5 Å². The van der Waals surface area contributed by atoms with Crippen molar-refractivity contribution in [3.8, 4) is 0 Å². The van der Waals surface area contributed by atoms with E-state index in [9.17, 15) is 9.59 Å². The Morgan fingerprint density at radius 3 is 2.70 bits per heavy atom. The molecule has 0 spiro atoms. The molecule has 7 nitrogen and oxygen atoms in total. The maximum absolute atomic E-state index is 12.3. The number of ether oxygens (including phenoxy) is 1. The molecule has 1 aliphatic rings. The van der Waals surface area contributed by atoms with E-state index in [4.69, 9.17) is 9.15 Å².